The smallest absolute Gasteiger partial charge is 0.227 e. The Balaban J connectivity index is 1.37. The van der Waals surface area contributed by atoms with Crippen molar-refractivity contribution in [3.8, 4) is 0 Å². The average molecular weight is 463 g/mol. The van der Waals surface area contributed by atoms with Gasteiger partial charge in [0.25, 0.3) is 0 Å². The van der Waals surface area contributed by atoms with Crippen LogP contribution in [0.5, 0.6) is 0 Å². The zero-order valence-electron chi connectivity index (χ0n) is 20.7. The van der Waals surface area contributed by atoms with Crippen molar-refractivity contribution in [3.63, 3.8) is 0 Å². The molecule has 2 aliphatic heterocycles. The number of rotatable bonds is 9. The molecular formula is C26H38N8. The fraction of sp³-hybridized carbons (Fsp3) is 0.577. The lowest BCUT2D eigenvalue weighted by Crippen LogP contribution is -2.46. The maximum absolute atomic E-state index is 4.97. The zero-order valence-corrected chi connectivity index (χ0v) is 20.7. The molecule has 5 rings (SSSR count). The van der Waals surface area contributed by atoms with E-state index in [1.54, 1.807) is 0 Å². The second-order valence-corrected chi connectivity index (χ2v) is 9.64. The molecule has 0 aliphatic carbocycles. The maximum atomic E-state index is 4.97. The molecule has 0 unspecified atom stereocenters. The van der Waals surface area contributed by atoms with Gasteiger partial charge in [0.1, 0.15) is 0 Å². The summed E-state index contributed by atoms with van der Waals surface area (Å²) in [7, 11) is 0. The highest BCUT2D eigenvalue weighted by molar-refractivity contribution is 5.85. The number of aromatic nitrogens is 4. The molecule has 1 N–H and O–H groups in total. The largest absolute Gasteiger partial charge is 0.352 e. The van der Waals surface area contributed by atoms with Gasteiger partial charge in [-0.05, 0) is 57.9 Å². The quantitative estimate of drug-likeness (QED) is 0.523. The Kier molecular flexibility index (Phi) is 7.25. The van der Waals surface area contributed by atoms with E-state index in [2.05, 4.69) is 62.7 Å². The lowest BCUT2D eigenvalue weighted by molar-refractivity contribution is 0.271. The van der Waals surface area contributed by atoms with Gasteiger partial charge >= 0.3 is 0 Å². The molecular weight excluding hydrogens is 424 g/mol. The van der Waals surface area contributed by atoms with Crippen molar-refractivity contribution < 1.29 is 0 Å². The SMILES string of the molecule is CCN1CCN(c2nc(NCc3ccc(C)cc3)nc3c2ncn3CCCN2CCCC2)CC1. The minimum atomic E-state index is 0.683. The number of likely N-dealkylation sites (tertiary alicyclic amines) is 1. The van der Waals surface area contributed by atoms with Crippen LogP contribution in [0.15, 0.2) is 30.6 Å². The molecule has 3 aromatic rings. The summed E-state index contributed by atoms with van der Waals surface area (Å²) >= 11 is 0. The van der Waals surface area contributed by atoms with Gasteiger partial charge in [-0.1, -0.05) is 36.8 Å². The molecule has 0 saturated carbocycles. The Bertz CT molecular complexity index is 1060. The van der Waals surface area contributed by atoms with Gasteiger partial charge in [-0.3, -0.25) is 0 Å². The van der Waals surface area contributed by atoms with Crippen molar-refractivity contribution in [1.82, 2.24) is 29.3 Å². The number of aryl methyl sites for hydroxylation is 2. The number of fused-ring (bicyclic) bond motifs is 1. The van der Waals surface area contributed by atoms with Crippen LogP contribution in [0.3, 0.4) is 0 Å². The first kappa shape index (κ1) is 23.1. The highest BCUT2D eigenvalue weighted by Crippen LogP contribution is 2.26. The van der Waals surface area contributed by atoms with Crippen LogP contribution in [-0.4, -0.2) is 81.7 Å². The van der Waals surface area contributed by atoms with Crippen molar-refractivity contribution >= 4 is 22.9 Å². The van der Waals surface area contributed by atoms with E-state index in [9.17, 15) is 0 Å². The number of likely N-dealkylation sites (N-methyl/N-ethyl adjacent to an activating group) is 1. The van der Waals surface area contributed by atoms with Gasteiger partial charge in [0.05, 0.1) is 6.33 Å². The fourth-order valence-corrected chi connectivity index (χ4v) is 5.03. The summed E-state index contributed by atoms with van der Waals surface area (Å²) in [5.74, 6) is 1.65. The van der Waals surface area contributed by atoms with Crippen molar-refractivity contribution in [2.75, 3.05) is 62.6 Å². The van der Waals surface area contributed by atoms with Crippen LogP contribution in [0.1, 0.15) is 37.3 Å². The molecule has 2 aliphatic rings. The summed E-state index contributed by atoms with van der Waals surface area (Å²) in [4.78, 5) is 22.1. The summed E-state index contributed by atoms with van der Waals surface area (Å²) in [6.45, 7) is 14.8. The summed E-state index contributed by atoms with van der Waals surface area (Å²) in [5, 5.41) is 3.48. The van der Waals surface area contributed by atoms with Crippen LogP contribution in [0.25, 0.3) is 11.2 Å². The van der Waals surface area contributed by atoms with Gasteiger partial charge in [0.15, 0.2) is 17.0 Å². The molecule has 2 fully saturated rings. The Morgan fingerprint density at radius 3 is 2.38 bits per heavy atom. The minimum Gasteiger partial charge on any atom is -0.352 e. The average Bonchev–Trinajstić information content (AvgIpc) is 3.54. The molecule has 8 nitrogen and oxygen atoms in total. The molecule has 4 heterocycles. The summed E-state index contributed by atoms with van der Waals surface area (Å²) in [5.41, 5.74) is 4.36. The first-order valence-corrected chi connectivity index (χ1v) is 12.9. The van der Waals surface area contributed by atoms with Crippen LogP contribution in [0.2, 0.25) is 0 Å². The van der Waals surface area contributed by atoms with Gasteiger partial charge < -0.3 is 24.6 Å². The van der Waals surface area contributed by atoms with E-state index < -0.39 is 0 Å². The molecule has 182 valence electrons. The molecule has 0 spiro atoms. The fourth-order valence-electron chi connectivity index (χ4n) is 5.03. The third-order valence-electron chi connectivity index (χ3n) is 7.21. The third-order valence-corrected chi connectivity index (χ3v) is 7.21. The minimum absolute atomic E-state index is 0.683. The third kappa shape index (κ3) is 5.33. The number of hydrogen-bond donors (Lipinski definition) is 1. The van der Waals surface area contributed by atoms with Crippen LogP contribution in [0.4, 0.5) is 11.8 Å². The van der Waals surface area contributed by atoms with Gasteiger partial charge in [0, 0.05) is 39.3 Å². The van der Waals surface area contributed by atoms with Crippen LogP contribution in [0, 0.1) is 6.92 Å². The number of nitrogens with zero attached hydrogens (tertiary/aromatic N) is 7. The van der Waals surface area contributed by atoms with Gasteiger partial charge in [-0.15, -0.1) is 0 Å². The van der Waals surface area contributed by atoms with E-state index in [4.69, 9.17) is 15.0 Å². The normalized spacial score (nSPS) is 17.6. The second-order valence-electron chi connectivity index (χ2n) is 9.64. The highest BCUT2D eigenvalue weighted by Gasteiger charge is 2.22. The number of piperazine rings is 1. The number of hydrogen-bond acceptors (Lipinski definition) is 7. The van der Waals surface area contributed by atoms with E-state index in [1.165, 1.54) is 37.1 Å². The monoisotopic (exact) mass is 462 g/mol. The van der Waals surface area contributed by atoms with Crippen molar-refractivity contribution in [1.29, 1.82) is 0 Å². The molecule has 0 amide bonds. The highest BCUT2D eigenvalue weighted by atomic mass is 15.3. The van der Waals surface area contributed by atoms with Crippen molar-refractivity contribution in [3.05, 3.63) is 41.7 Å². The van der Waals surface area contributed by atoms with E-state index >= 15 is 0 Å². The van der Waals surface area contributed by atoms with Crippen LogP contribution >= 0.6 is 0 Å². The van der Waals surface area contributed by atoms with Crippen LogP contribution in [-0.2, 0) is 13.1 Å². The van der Waals surface area contributed by atoms with Crippen LogP contribution < -0.4 is 10.2 Å². The first-order valence-electron chi connectivity index (χ1n) is 12.9. The lowest BCUT2D eigenvalue weighted by atomic mass is 10.1. The predicted molar refractivity (Wildman–Crippen MR) is 138 cm³/mol. The zero-order chi connectivity index (χ0) is 23.3. The Hall–Kier alpha value is -2.71. The second kappa shape index (κ2) is 10.7. The van der Waals surface area contributed by atoms with E-state index in [1.807, 2.05) is 6.33 Å². The lowest BCUT2D eigenvalue weighted by Gasteiger charge is -2.34. The molecule has 0 radical (unpaired) electrons. The van der Waals surface area contributed by atoms with E-state index in [0.29, 0.717) is 12.5 Å². The number of nitrogens with one attached hydrogen (secondary N) is 1. The summed E-state index contributed by atoms with van der Waals surface area (Å²) in [6.07, 6.45) is 5.75. The molecule has 2 aromatic heterocycles. The standard InChI is InChI=1S/C26H38N8/c1-3-31-15-17-33(18-16-31)24-23-25(34(20-28-23)14-6-13-32-11-4-5-12-32)30-26(29-24)27-19-22-9-7-21(2)8-10-22/h7-10,20H,3-6,11-19H2,1-2H3,(H,27,29,30). The Labute approximate surface area is 203 Å². The number of anilines is 2. The molecule has 8 heteroatoms. The number of imidazole rings is 1. The molecule has 34 heavy (non-hydrogen) atoms. The van der Waals surface area contributed by atoms with Crippen molar-refractivity contribution in [2.24, 2.45) is 0 Å². The summed E-state index contributed by atoms with van der Waals surface area (Å²) < 4.78 is 2.22. The van der Waals surface area contributed by atoms with E-state index in [-0.39, 0.29) is 0 Å². The Morgan fingerprint density at radius 2 is 1.65 bits per heavy atom. The predicted octanol–water partition coefficient (Wildman–Crippen LogP) is 3.37. The molecule has 1 aromatic carbocycles. The van der Waals surface area contributed by atoms with Gasteiger partial charge in [-0.2, -0.15) is 9.97 Å². The maximum Gasteiger partial charge on any atom is 0.227 e. The Morgan fingerprint density at radius 1 is 0.882 bits per heavy atom. The number of benzene rings is 1. The topological polar surface area (TPSA) is 65.3 Å². The molecule has 0 atom stereocenters. The first-order chi connectivity index (χ1) is 16.7. The molecule has 2 saturated heterocycles. The van der Waals surface area contributed by atoms with Crippen molar-refractivity contribution in [2.45, 2.75) is 46.2 Å². The van der Waals surface area contributed by atoms with Gasteiger partial charge in [0.2, 0.25) is 5.95 Å². The van der Waals surface area contributed by atoms with E-state index in [0.717, 1.165) is 69.2 Å². The van der Waals surface area contributed by atoms with Gasteiger partial charge in [-0.25, -0.2) is 4.98 Å². The molecule has 0 bridgehead atoms. The summed E-state index contributed by atoms with van der Waals surface area (Å²) in [6, 6.07) is 8.62.